The van der Waals surface area contributed by atoms with E-state index in [1.165, 1.54) is 10.4 Å². The van der Waals surface area contributed by atoms with Crippen molar-refractivity contribution < 1.29 is 19.1 Å². The maximum absolute atomic E-state index is 12.4. The molecule has 186 valence electrons. The molecule has 8 nitrogen and oxygen atoms in total. The predicted molar refractivity (Wildman–Crippen MR) is 132 cm³/mol. The summed E-state index contributed by atoms with van der Waals surface area (Å²) in [7, 11) is 1.82. The molecule has 34 heavy (non-hydrogen) atoms. The normalized spacial score (nSPS) is 23.4. The highest BCUT2D eigenvalue weighted by Crippen LogP contribution is 2.48. The molecule has 0 spiro atoms. The number of hydrogen-bond acceptors (Lipinski definition) is 7. The number of fused-ring (bicyclic) bond motifs is 3. The van der Waals surface area contributed by atoms with Crippen molar-refractivity contribution >= 4 is 33.6 Å². The van der Waals surface area contributed by atoms with Crippen molar-refractivity contribution in [1.29, 1.82) is 0 Å². The second-order valence-corrected chi connectivity index (χ2v) is 11.8. The zero-order chi connectivity index (χ0) is 24.6. The van der Waals surface area contributed by atoms with E-state index in [1.807, 2.05) is 34.7 Å². The molecule has 1 fully saturated rings. The summed E-state index contributed by atoms with van der Waals surface area (Å²) in [4.78, 5) is 37.1. The fraction of sp³-hybridized carbons (Fsp3) is 0.680. The third-order valence-corrected chi connectivity index (χ3v) is 8.14. The minimum atomic E-state index is -0.502. The molecule has 1 saturated carbocycles. The summed E-state index contributed by atoms with van der Waals surface area (Å²) in [6.45, 7) is 7.54. The Labute approximate surface area is 205 Å². The lowest BCUT2D eigenvalue weighted by Gasteiger charge is -2.35. The van der Waals surface area contributed by atoms with Crippen LogP contribution < -0.4 is 10.5 Å². The smallest absolute Gasteiger partial charge is 0.410 e. The van der Waals surface area contributed by atoms with Crippen LogP contribution >= 0.6 is 11.3 Å². The molecule has 2 aromatic heterocycles. The minimum Gasteiger partial charge on any atom is -0.474 e. The highest BCUT2D eigenvalue weighted by atomic mass is 32.1. The van der Waals surface area contributed by atoms with Crippen molar-refractivity contribution in [3.8, 4) is 5.88 Å². The lowest BCUT2D eigenvalue weighted by atomic mass is 9.90. The number of thiophene rings is 1. The molecule has 2 N–H and O–H groups in total. The molecule has 2 aliphatic rings. The second kappa shape index (κ2) is 9.68. The molecule has 0 radical (unpaired) electrons. The lowest BCUT2D eigenvalue weighted by Crippen LogP contribution is -2.43. The van der Waals surface area contributed by atoms with E-state index in [2.05, 4.69) is 9.97 Å². The average Bonchev–Trinajstić information content (AvgIpc) is 3.32. The van der Waals surface area contributed by atoms with E-state index in [0.717, 1.165) is 55.2 Å². The molecule has 2 aromatic rings. The van der Waals surface area contributed by atoms with Gasteiger partial charge in [0.25, 0.3) is 0 Å². The molecule has 0 unspecified atom stereocenters. The molecule has 2 heterocycles. The zero-order valence-electron chi connectivity index (χ0n) is 20.8. The number of nitrogens with two attached hydrogens (primary N) is 1. The highest BCUT2D eigenvalue weighted by molar-refractivity contribution is 7.19. The second-order valence-electron chi connectivity index (χ2n) is 10.7. The molecule has 2 atom stereocenters. The number of ether oxygens (including phenoxy) is 2. The first-order valence-corrected chi connectivity index (χ1v) is 13.0. The van der Waals surface area contributed by atoms with Crippen molar-refractivity contribution in [2.24, 2.45) is 11.7 Å². The van der Waals surface area contributed by atoms with E-state index in [1.54, 1.807) is 22.6 Å². The van der Waals surface area contributed by atoms with Gasteiger partial charge in [0, 0.05) is 23.9 Å². The van der Waals surface area contributed by atoms with Crippen LogP contribution in [0.4, 0.5) is 4.79 Å². The van der Waals surface area contributed by atoms with Crippen molar-refractivity contribution in [3.63, 3.8) is 0 Å². The largest absolute Gasteiger partial charge is 0.474 e. The Kier molecular flexibility index (Phi) is 7.03. The molecule has 0 aromatic carbocycles. The topological polar surface area (TPSA) is 108 Å². The fourth-order valence-corrected chi connectivity index (χ4v) is 6.33. The van der Waals surface area contributed by atoms with E-state index in [4.69, 9.17) is 15.2 Å². The summed E-state index contributed by atoms with van der Waals surface area (Å²) in [5, 5.41) is 1.01. The molecule has 0 bridgehead atoms. The summed E-state index contributed by atoms with van der Waals surface area (Å²) < 4.78 is 12.0. The first-order valence-electron chi connectivity index (χ1n) is 12.2. The van der Waals surface area contributed by atoms with E-state index >= 15 is 0 Å². The summed E-state index contributed by atoms with van der Waals surface area (Å²) >= 11 is 1.71. The minimum absolute atomic E-state index is 0.0429. The maximum Gasteiger partial charge on any atom is 0.410 e. The van der Waals surface area contributed by atoms with Gasteiger partial charge in [-0.3, -0.25) is 4.79 Å². The molecular weight excluding hydrogens is 452 g/mol. The molecule has 0 saturated heterocycles. The molecule has 2 amide bonds. The van der Waals surface area contributed by atoms with Crippen LogP contribution in [0.2, 0.25) is 0 Å². The van der Waals surface area contributed by atoms with E-state index in [9.17, 15) is 9.59 Å². The van der Waals surface area contributed by atoms with Gasteiger partial charge in [-0.25, -0.2) is 14.8 Å². The number of carbonyl (C=O) groups excluding carboxylic acids is 2. The molecule has 4 rings (SSSR count). The molecule has 2 aliphatic carbocycles. The van der Waals surface area contributed by atoms with Crippen LogP contribution in [-0.2, 0) is 16.0 Å². The van der Waals surface area contributed by atoms with Gasteiger partial charge < -0.3 is 20.1 Å². The number of nitrogens with zero attached hydrogens (tertiary/aromatic N) is 3. The van der Waals surface area contributed by atoms with E-state index in [-0.39, 0.29) is 36.0 Å². The van der Waals surface area contributed by atoms with Gasteiger partial charge in [0.15, 0.2) is 0 Å². The third-order valence-electron chi connectivity index (χ3n) is 6.97. The van der Waals surface area contributed by atoms with Crippen molar-refractivity contribution in [2.75, 3.05) is 7.05 Å². The number of primary amides is 1. The Hall–Kier alpha value is -2.42. The third kappa shape index (κ3) is 5.29. The van der Waals surface area contributed by atoms with Crippen LogP contribution in [0.5, 0.6) is 5.88 Å². The van der Waals surface area contributed by atoms with Gasteiger partial charge in [-0.15, -0.1) is 11.3 Å². The Balaban J connectivity index is 1.45. The van der Waals surface area contributed by atoms with Gasteiger partial charge in [-0.05, 0) is 77.2 Å². The van der Waals surface area contributed by atoms with Crippen LogP contribution in [0.3, 0.4) is 0 Å². The van der Waals surface area contributed by atoms with Gasteiger partial charge in [0.1, 0.15) is 22.9 Å². The van der Waals surface area contributed by atoms with Crippen LogP contribution in [0.1, 0.15) is 82.6 Å². The van der Waals surface area contributed by atoms with Gasteiger partial charge in [0.2, 0.25) is 11.8 Å². The maximum atomic E-state index is 12.4. The van der Waals surface area contributed by atoms with Crippen molar-refractivity contribution in [2.45, 2.75) is 96.3 Å². The van der Waals surface area contributed by atoms with E-state index in [0.29, 0.717) is 5.88 Å². The summed E-state index contributed by atoms with van der Waals surface area (Å²) in [5.41, 5.74) is 6.29. The van der Waals surface area contributed by atoms with Crippen LogP contribution in [0.15, 0.2) is 6.33 Å². The Bertz CT molecular complexity index is 1060. The van der Waals surface area contributed by atoms with Crippen molar-refractivity contribution in [1.82, 2.24) is 14.9 Å². The molecular formula is C25H36N4O4S. The number of rotatable bonds is 6. The first-order chi connectivity index (χ1) is 16.0. The summed E-state index contributed by atoms with van der Waals surface area (Å²) in [6, 6.07) is 0.144. The molecule has 0 aliphatic heterocycles. The Morgan fingerprint density at radius 2 is 1.91 bits per heavy atom. The van der Waals surface area contributed by atoms with Gasteiger partial charge in [0.05, 0.1) is 5.39 Å². The number of hydrogen-bond donors (Lipinski definition) is 1. The number of carbonyl (C=O) groups is 2. The van der Waals surface area contributed by atoms with Crippen LogP contribution in [0, 0.1) is 5.92 Å². The first kappa shape index (κ1) is 24.7. The number of aryl methyl sites for hydroxylation is 1. The number of amides is 2. The van der Waals surface area contributed by atoms with Crippen LogP contribution in [0.25, 0.3) is 10.2 Å². The lowest BCUT2D eigenvalue weighted by molar-refractivity contribution is -0.121. The van der Waals surface area contributed by atoms with Crippen molar-refractivity contribution in [3.05, 3.63) is 16.8 Å². The summed E-state index contributed by atoms with van der Waals surface area (Å²) in [5.74, 6) is 0.494. The standard InChI is InChI=1S/C25H36N4O4S/c1-14(21(26)30)12-15-6-11-18-19(15)20-22(27-13-28-23(20)34-18)32-17-9-7-16(8-10-17)29(5)24(31)33-25(2,3)4/h13-17H,6-12H2,1-5H3,(H2,26,30)/t14-,15+,16-,17-/m0/s1. The Morgan fingerprint density at radius 3 is 2.56 bits per heavy atom. The number of aromatic nitrogens is 2. The fourth-order valence-electron chi connectivity index (χ4n) is 5.10. The SMILES string of the molecule is C[C@@H](C[C@H]1CCc2sc3ncnc(O[C@H]4CC[C@H](N(C)C(=O)OC(C)(C)C)CC4)c3c21)C(N)=O. The predicted octanol–water partition coefficient (Wildman–Crippen LogP) is 4.79. The van der Waals surface area contributed by atoms with Gasteiger partial charge in [-0.1, -0.05) is 6.92 Å². The Morgan fingerprint density at radius 1 is 1.21 bits per heavy atom. The molecule has 9 heteroatoms. The van der Waals surface area contributed by atoms with Crippen LogP contribution in [-0.4, -0.2) is 51.7 Å². The monoisotopic (exact) mass is 488 g/mol. The van der Waals surface area contributed by atoms with E-state index < -0.39 is 5.60 Å². The van der Waals surface area contributed by atoms with Gasteiger partial charge >= 0.3 is 6.09 Å². The summed E-state index contributed by atoms with van der Waals surface area (Å²) in [6.07, 6.45) is 7.50. The van der Waals surface area contributed by atoms with Gasteiger partial charge in [-0.2, -0.15) is 0 Å². The average molecular weight is 489 g/mol. The highest BCUT2D eigenvalue weighted by Gasteiger charge is 2.34. The quantitative estimate of drug-likeness (QED) is 0.626. The zero-order valence-corrected chi connectivity index (χ0v) is 21.6.